The summed E-state index contributed by atoms with van der Waals surface area (Å²) >= 11 is 0. The second-order valence-electron chi connectivity index (χ2n) is 5.44. The van der Waals surface area contributed by atoms with Crippen LogP contribution in [0.4, 0.5) is 5.69 Å². The summed E-state index contributed by atoms with van der Waals surface area (Å²) < 4.78 is 3.60. The van der Waals surface area contributed by atoms with Crippen LogP contribution in [0.15, 0.2) is 36.8 Å². The van der Waals surface area contributed by atoms with Crippen LogP contribution in [0.2, 0.25) is 0 Å². The monoisotopic (exact) mass is 281 g/mol. The molecule has 106 valence electrons. The molecule has 6 heteroatoms. The average molecular weight is 281 g/mol. The third-order valence-corrected chi connectivity index (χ3v) is 4.10. The van der Waals surface area contributed by atoms with Gasteiger partial charge in [-0.25, -0.2) is 4.98 Å². The molecule has 1 unspecified atom stereocenters. The number of fused-ring (bicyclic) bond motifs is 2. The Kier molecular flexibility index (Phi) is 2.57. The number of carbonyl (C=O) groups is 1. The number of aromatic nitrogens is 4. The molecule has 1 aliphatic heterocycles. The Morgan fingerprint density at radius 2 is 2.29 bits per heavy atom. The highest BCUT2D eigenvalue weighted by molar-refractivity contribution is 5.93. The van der Waals surface area contributed by atoms with Crippen LogP contribution in [-0.4, -0.2) is 25.2 Å². The first kappa shape index (κ1) is 12.1. The highest BCUT2D eigenvalue weighted by atomic mass is 16.2. The first-order valence-corrected chi connectivity index (χ1v) is 7.00. The van der Waals surface area contributed by atoms with Gasteiger partial charge in [-0.2, -0.15) is 9.78 Å². The molecule has 4 rings (SSSR count). The lowest BCUT2D eigenvalue weighted by molar-refractivity contribution is 0.0800. The van der Waals surface area contributed by atoms with Crippen molar-refractivity contribution in [1.29, 1.82) is 0 Å². The van der Waals surface area contributed by atoms with Crippen LogP contribution in [0.25, 0.3) is 10.9 Å². The Balaban J connectivity index is 1.68. The molecule has 0 aliphatic carbocycles. The van der Waals surface area contributed by atoms with Gasteiger partial charge in [-0.15, -0.1) is 0 Å². The van der Waals surface area contributed by atoms with Crippen LogP contribution in [0.5, 0.6) is 0 Å². The fourth-order valence-electron chi connectivity index (χ4n) is 2.96. The zero-order chi connectivity index (χ0) is 14.4. The number of carbonyl (C=O) groups excluding carboxylic acids is 1. The number of imidazole rings is 1. The first-order chi connectivity index (χ1) is 10.2. The van der Waals surface area contributed by atoms with Gasteiger partial charge in [-0.3, -0.25) is 4.79 Å². The molecule has 0 fully saturated rings. The fourth-order valence-corrected chi connectivity index (χ4v) is 2.96. The standard InChI is InChI=1S/C15H15N5O/c16-12-1-2-13-11(7-12)9-18-20(13)15(21)10-3-5-19-6-4-17-14(19)8-10/h1-2,4,6-7,9-10H,3,5,8,16H2. The van der Waals surface area contributed by atoms with E-state index in [-0.39, 0.29) is 11.8 Å². The third kappa shape index (κ3) is 1.91. The molecule has 0 amide bonds. The molecule has 2 N–H and O–H groups in total. The number of hydrogen-bond acceptors (Lipinski definition) is 4. The number of benzene rings is 1. The molecule has 1 aliphatic rings. The van der Waals surface area contributed by atoms with E-state index in [0.29, 0.717) is 12.1 Å². The van der Waals surface area contributed by atoms with Crippen LogP contribution >= 0.6 is 0 Å². The highest BCUT2D eigenvalue weighted by Gasteiger charge is 2.27. The summed E-state index contributed by atoms with van der Waals surface area (Å²) in [6.07, 6.45) is 6.92. The lowest BCUT2D eigenvalue weighted by Crippen LogP contribution is -2.30. The molecule has 1 aromatic carbocycles. The van der Waals surface area contributed by atoms with Gasteiger partial charge in [0.05, 0.1) is 11.7 Å². The van der Waals surface area contributed by atoms with E-state index in [0.717, 1.165) is 29.7 Å². The third-order valence-electron chi connectivity index (χ3n) is 4.10. The Hall–Kier alpha value is -2.63. The lowest BCUT2D eigenvalue weighted by atomic mass is 9.97. The van der Waals surface area contributed by atoms with Crippen molar-refractivity contribution in [3.63, 3.8) is 0 Å². The maximum Gasteiger partial charge on any atom is 0.251 e. The van der Waals surface area contributed by atoms with E-state index in [1.807, 2.05) is 18.3 Å². The van der Waals surface area contributed by atoms with Gasteiger partial charge in [0.25, 0.3) is 5.91 Å². The zero-order valence-electron chi connectivity index (χ0n) is 11.4. The summed E-state index contributed by atoms with van der Waals surface area (Å²) in [4.78, 5) is 17.0. The maximum atomic E-state index is 12.7. The second-order valence-corrected chi connectivity index (χ2v) is 5.44. The Morgan fingerprint density at radius 3 is 3.19 bits per heavy atom. The molecule has 3 aromatic rings. The van der Waals surface area contributed by atoms with Gasteiger partial charge in [0.15, 0.2) is 0 Å². The predicted octanol–water partition coefficient (Wildman–Crippen LogP) is 1.72. The van der Waals surface area contributed by atoms with Crippen molar-refractivity contribution >= 4 is 22.5 Å². The minimum atomic E-state index is -0.0689. The van der Waals surface area contributed by atoms with Gasteiger partial charge in [0.1, 0.15) is 5.82 Å². The van der Waals surface area contributed by atoms with Gasteiger partial charge < -0.3 is 10.3 Å². The average Bonchev–Trinajstić information content (AvgIpc) is 3.11. The predicted molar refractivity (Wildman–Crippen MR) is 78.8 cm³/mol. The molecule has 1 atom stereocenters. The largest absolute Gasteiger partial charge is 0.399 e. The molecular formula is C15H15N5O. The summed E-state index contributed by atoms with van der Waals surface area (Å²) in [5.41, 5.74) is 7.24. The molecular weight excluding hydrogens is 266 g/mol. The number of nitrogen functional groups attached to an aromatic ring is 1. The van der Waals surface area contributed by atoms with Crippen molar-refractivity contribution in [2.45, 2.75) is 19.4 Å². The van der Waals surface area contributed by atoms with Crippen molar-refractivity contribution in [1.82, 2.24) is 19.3 Å². The molecule has 3 heterocycles. The van der Waals surface area contributed by atoms with Crippen molar-refractivity contribution < 1.29 is 4.79 Å². The van der Waals surface area contributed by atoms with Crippen molar-refractivity contribution in [3.8, 4) is 0 Å². The minimum absolute atomic E-state index is 0.0315. The number of hydrogen-bond donors (Lipinski definition) is 1. The van der Waals surface area contributed by atoms with E-state index in [1.54, 1.807) is 18.5 Å². The molecule has 0 bridgehead atoms. The van der Waals surface area contributed by atoms with Crippen molar-refractivity contribution in [2.75, 3.05) is 5.73 Å². The van der Waals surface area contributed by atoms with Crippen molar-refractivity contribution in [3.05, 3.63) is 42.6 Å². The quantitative estimate of drug-likeness (QED) is 0.689. The van der Waals surface area contributed by atoms with Gasteiger partial charge in [-0.05, 0) is 24.6 Å². The highest BCUT2D eigenvalue weighted by Crippen LogP contribution is 2.23. The maximum absolute atomic E-state index is 12.7. The molecule has 0 spiro atoms. The number of nitrogens with zero attached hydrogens (tertiary/aromatic N) is 4. The van der Waals surface area contributed by atoms with Crippen molar-refractivity contribution in [2.24, 2.45) is 5.92 Å². The topological polar surface area (TPSA) is 78.7 Å². The van der Waals surface area contributed by atoms with Crippen LogP contribution in [-0.2, 0) is 13.0 Å². The fraction of sp³-hybridized carbons (Fsp3) is 0.267. The summed E-state index contributed by atoms with van der Waals surface area (Å²) in [5, 5.41) is 5.13. The van der Waals surface area contributed by atoms with Gasteiger partial charge in [0.2, 0.25) is 0 Å². The van der Waals surface area contributed by atoms with E-state index in [9.17, 15) is 4.79 Å². The summed E-state index contributed by atoms with van der Waals surface area (Å²) in [5.74, 6) is 0.935. The Labute approximate surface area is 121 Å². The smallest absolute Gasteiger partial charge is 0.251 e. The van der Waals surface area contributed by atoms with E-state index in [4.69, 9.17) is 5.73 Å². The van der Waals surface area contributed by atoms with Crippen LogP contribution < -0.4 is 5.73 Å². The van der Waals surface area contributed by atoms with E-state index >= 15 is 0 Å². The number of nitrogens with two attached hydrogens (primary N) is 1. The SMILES string of the molecule is Nc1ccc2c(cnn2C(=O)C2CCn3ccnc3C2)c1. The van der Waals surface area contributed by atoms with Crippen LogP contribution in [0.1, 0.15) is 17.0 Å². The van der Waals surface area contributed by atoms with Crippen LogP contribution in [0, 0.1) is 5.92 Å². The summed E-state index contributed by atoms with van der Waals surface area (Å²) in [6, 6.07) is 5.47. The lowest BCUT2D eigenvalue weighted by Gasteiger charge is -2.22. The number of anilines is 1. The summed E-state index contributed by atoms with van der Waals surface area (Å²) in [7, 11) is 0. The van der Waals surface area contributed by atoms with Gasteiger partial charge in [0, 0.05) is 42.4 Å². The molecule has 0 saturated heterocycles. The first-order valence-electron chi connectivity index (χ1n) is 7.00. The normalized spacial score (nSPS) is 17.8. The van der Waals surface area contributed by atoms with Crippen LogP contribution in [0.3, 0.4) is 0 Å². The minimum Gasteiger partial charge on any atom is -0.399 e. The molecule has 0 saturated carbocycles. The number of aryl methyl sites for hydroxylation is 1. The zero-order valence-corrected chi connectivity index (χ0v) is 11.4. The molecule has 2 aromatic heterocycles. The summed E-state index contributed by atoms with van der Waals surface area (Å²) in [6.45, 7) is 0.831. The molecule has 21 heavy (non-hydrogen) atoms. The number of rotatable bonds is 1. The van der Waals surface area contributed by atoms with E-state index in [1.165, 1.54) is 4.68 Å². The second kappa shape index (κ2) is 4.44. The Bertz CT molecular complexity index is 832. The Morgan fingerprint density at radius 1 is 1.38 bits per heavy atom. The molecule has 6 nitrogen and oxygen atoms in total. The van der Waals surface area contributed by atoms with Gasteiger partial charge >= 0.3 is 0 Å². The molecule has 0 radical (unpaired) electrons. The van der Waals surface area contributed by atoms with E-state index < -0.39 is 0 Å². The van der Waals surface area contributed by atoms with Gasteiger partial charge in [-0.1, -0.05) is 0 Å². The van der Waals surface area contributed by atoms with E-state index in [2.05, 4.69) is 14.6 Å².